The van der Waals surface area contributed by atoms with Gasteiger partial charge in [0.1, 0.15) is 23.8 Å². The van der Waals surface area contributed by atoms with Gasteiger partial charge in [0.2, 0.25) is 5.43 Å². The molecule has 2 amide bonds. The molecule has 1 aliphatic carbocycles. The van der Waals surface area contributed by atoms with Crippen molar-refractivity contribution in [2.75, 3.05) is 13.2 Å². The van der Waals surface area contributed by atoms with E-state index in [9.17, 15) is 28.3 Å². The molecule has 5 rings (SSSR count). The SMILES string of the molecule is CC(C)N1C[C@]2(C[C@H]2CO)n2cc(C(=O)NCc3ccc(F)cc3F)c(=O)c(OCc3ccccc3)c2C1=O. The number of carbonyl (C=O) groups is 2. The van der Waals surface area contributed by atoms with Gasteiger partial charge in [0.25, 0.3) is 11.8 Å². The molecule has 2 N–H and O–H groups in total. The Kier molecular flexibility index (Phi) is 6.98. The molecular weight excluding hydrogens is 508 g/mol. The molecule has 39 heavy (non-hydrogen) atoms. The monoisotopic (exact) mass is 537 g/mol. The second-order valence-electron chi connectivity index (χ2n) is 10.3. The van der Waals surface area contributed by atoms with Gasteiger partial charge in [-0.25, -0.2) is 8.78 Å². The quantitative estimate of drug-likeness (QED) is 0.460. The van der Waals surface area contributed by atoms with Gasteiger partial charge in [0.05, 0.1) is 5.54 Å². The van der Waals surface area contributed by atoms with Crippen LogP contribution in [0.4, 0.5) is 8.78 Å². The van der Waals surface area contributed by atoms with E-state index in [2.05, 4.69) is 5.32 Å². The van der Waals surface area contributed by atoms with Crippen LogP contribution in [0.2, 0.25) is 0 Å². The predicted molar refractivity (Wildman–Crippen MR) is 138 cm³/mol. The highest BCUT2D eigenvalue weighted by Gasteiger charge is 2.60. The van der Waals surface area contributed by atoms with Crippen LogP contribution in [0.15, 0.2) is 59.5 Å². The van der Waals surface area contributed by atoms with E-state index in [-0.39, 0.29) is 54.3 Å². The maximum atomic E-state index is 14.1. The molecule has 2 heterocycles. The predicted octanol–water partition coefficient (Wildman–Crippen LogP) is 3.21. The Morgan fingerprint density at radius 1 is 1.18 bits per heavy atom. The van der Waals surface area contributed by atoms with Gasteiger partial charge in [-0.1, -0.05) is 36.4 Å². The second kappa shape index (κ2) is 10.3. The van der Waals surface area contributed by atoms with Crippen molar-refractivity contribution < 1.29 is 28.2 Å². The number of pyridine rings is 1. The molecule has 2 atom stereocenters. The Morgan fingerprint density at radius 3 is 2.56 bits per heavy atom. The Balaban J connectivity index is 1.58. The van der Waals surface area contributed by atoms with Crippen LogP contribution in [0, 0.1) is 17.6 Å². The van der Waals surface area contributed by atoms with E-state index >= 15 is 0 Å². The minimum atomic E-state index is -0.827. The molecule has 0 radical (unpaired) electrons. The van der Waals surface area contributed by atoms with Crippen LogP contribution < -0.4 is 15.5 Å². The summed E-state index contributed by atoms with van der Waals surface area (Å²) < 4.78 is 35.0. The van der Waals surface area contributed by atoms with E-state index in [0.29, 0.717) is 19.0 Å². The summed E-state index contributed by atoms with van der Waals surface area (Å²) in [5.74, 6) is -3.20. The average Bonchev–Trinajstić information content (AvgIpc) is 3.63. The molecule has 3 aromatic rings. The number of benzene rings is 2. The topological polar surface area (TPSA) is 101 Å². The first-order chi connectivity index (χ1) is 18.7. The van der Waals surface area contributed by atoms with Gasteiger partial charge in [-0.3, -0.25) is 14.4 Å². The molecule has 2 aliphatic rings. The van der Waals surface area contributed by atoms with Crippen LogP contribution in [0.5, 0.6) is 5.75 Å². The summed E-state index contributed by atoms with van der Waals surface area (Å²) in [7, 11) is 0. The second-order valence-corrected chi connectivity index (χ2v) is 10.3. The lowest BCUT2D eigenvalue weighted by Crippen LogP contribution is -2.52. The normalized spacial score (nSPS) is 19.8. The molecule has 1 spiro atoms. The molecule has 1 aromatic heterocycles. The van der Waals surface area contributed by atoms with Crippen molar-refractivity contribution in [1.82, 2.24) is 14.8 Å². The number of carbonyl (C=O) groups excluding carboxylic acids is 2. The first-order valence-corrected chi connectivity index (χ1v) is 12.8. The molecule has 2 aromatic carbocycles. The molecule has 204 valence electrons. The number of rotatable bonds is 8. The van der Waals surface area contributed by atoms with Crippen LogP contribution >= 0.6 is 0 Å². The highest BCUT2D eigenvalue weighted by Crippen LogP contribution is 2.54. The van der Waals surface area contributed by atoms with Crippen molar-refractivity contribution in [3.05, 3.63) is 99.0 Å². The highest BCUT2D eigenvalue weighted by molar-refractivity contribution is 5.99. The summed E-state index contributed by atoms with van der Waals surface area (Å²) in [4.78, 5) is 42.2. The average molecular weight is 538 g/mol. The lowest BCUT2D eigenvalue weighted by molar-refractivity contribution is 0.0548. The molecule has 1 aliphatic heterocycles. The largest absolute Gasteiger partial charge is 0.483 e. The minimum absolute atomic E-state index is 0.0136. The first kappa shape index (κ1) is 26.6. The van der Waals surface area contributed by atoms with Crippen LogP contribution in [0.25, 0.3) is 0 Å². The Labute approximate surface area is 223 Å². The number of amides is 2. The van der Waals surface area contributed by atoms with E-state index in [1.807, 2.05) is 44.2 Å². The molecule has 0 saturated heterocycles. The molecular formula is C29H29F2N3O5. The van der Waals surface area contributed by atoms with E-state index in [1.165, 1.54) is 12.3 Å². The van der Waals surface area contributed by atoms with Crippen molar-refractivity contribution in [1.29, 1.82) is 0 Å². The fourth-order valence-electron chi connectivity index (χ4n) is 5.19. The van der Waals surface area contributed by atoms with Crippen LogP contribution in [0.1, 0.15) is 52.2 Å². The summed E-state index contributed by atoms with van der Waals surface area (Å²) in [5, 5.41) is 12.5. The molecule has 0 bridgehead atoms. The van der Waals surface area contributed by atoms with Crippen LogP contribution in [0.3, 0.4) is 0 Å². The summed E-state index contributed by atoms with van der Waals surface area (Å²) in [6, 6.07) is 11.9. The lowest BCUT2D eigenvalue weighted by Gasteiger charge is -2.40. The number of nitrogens with one attached hydrogen (secondary N) is 1. The number of fused-ring (bicyclic) bond motifs is 2. The first-order valence-electron chi connectivity index (χ1n) is 12.8. The summed E-state index contributed by atoms with van der Waals surface area (Å²) in [6.45, 7) is 3.63. The smallest absolute Gasteiger partial charge is 0.274 e. The number of aliphatic hydroxyl groups is 1. The van der Waals surface area contributed by atoms with Crippen LogP contribution in [-0.2, 0) is 18.7 Å². The van der Waals surface area contributed by atoms with Gasteiger partial charge in [-0.15, -0.1) is 0 Å². The summed E-state index contributed by atoms with van der Waals surface area (Å²) >= 11 is 0. The van der Waals surface area contributed by atoms with E-state index in [0.717, 1.165) is 11.6 Å². The minimum Gasteiger partial charge on any atom is -0.483 e. The van der Waals surface area contributed by atoms with E-state index in [4.69, 9.17) is 4.74 Å². The number of aromatic nitrogens is 1. The van der Waals surface area contributed by atoms with Gasteiger partial charge in [-0.2, -0.15) is 0 Å². The Hall–Kier alpha value is -4.05. The van der Waals surface area contributed by atoms with E-state index < -0.39 is 34.4 Å². The molecule has 1 fully saturated rings. The van der Waals surface area contributed by atoms with Crippen LogP contribution in [-0.4, -0.2) is 45.6 Å². The van der Waals surface area contributed by atoms with Crippen molar-refractivity contribution in [2.24, 2.45) is 5.92 Å². The molecule has 10 heteroatoms. The molecule has 1 saturated carbocycles. The zero-order valence-electron chi connectivity index (χ0n) is 21.6. The third-order valence-corrected chi connectivity index (χ3v) is 7.52. The molecule has 0 unspecified atom stereocenters. The third kappa shape index (κ3) is 4.80. The Bertz CT molecular complexity index is 1490. The van der Waals surface area contributed by atoms with Crippen molar-refractivity contribution in [3.8, 4) is 5.75 Å². The fourth-order valence-corrected chi connectivity index (χ4v) is 5.19. The standard InChI is InChI=1S/C29H29F2N3O5/c1-17(2)33-16-29(11-20(29)14-35)34-13-22(27(37)32-12-19-8-9-21(30)10-23(19)31)25(36)26(24(34)28(33)38)39-15-18-6-4-3-5-7-18/h3-10,13,17,20,35H,11-12,14-16H2,1-2H3,(H,32,37)/t20-,29-/m0/s1. The van der Waals surface area contributed by atoms with Crippen molar-refractivity contribution >= 4 is 11.8 Å². The van der Waals surface area contributed by atoms with Crippen molar-refractivity contribution in [2.45, 2.75) is 45.0 Å². The molecule has 8 nitrogen and oxygen atoms in total. The number of nitrogens with zero attached hydrogens (tertiary/aromatic N) is 2. The summed E-state index contributed by atoms with van der Waals surface area (Å²) in [5.41, 5.74) is -0.907. The van der Waals surface area contributed by atoms with Gasteiger partial charge in [0.15, 0.2) is 11.4 Å². The maximum Gasteiger partial charge on any atom is 0.274 e. The number of halogens is 2. The van der Waals surface area contributed by atoms with Gasteiger partial charge in [0, 0.05) is 49.5 Å². The van der Waals surface area contributed by atoms with Gasteiger partial charge in [-0.05, 0) is 31.9 Å². The number of aliphatic hydroxyl groups excluding tert-OH is 1. The number of ether oxygens (including phenoxy) is 1. The zero-order chi connectivity index (χ0) is 27.9. The van der Waals surface area contributed by atoms with Gasteiger partial charge < -0.3 is 24.6 Å². The zero-order valence-corrected chi connectivity index (χ0v) is 21.6. The maximum absolute atomic E-state index is 14.1. The van der Waals surface area contributed by atoms with Gasteiger partial charge >= 0.3 is 0 Å². The lowest BCUT2D eigenvalue weighted by atomic mass is 10.0. The number of hydrogen-bond acceptors (Lipinski definition) is 5. The summed E-state index contributed by atoms with van der Waals surface area (Å²) in [6.07, 6.45) is 1.89. The highest BCUT2D eigenvalue weighted by atomic mass is 19.1. The van der Waals surface area contributed by atoms with E-state index in [1.54, 1.807) is 9.47 Å². The van der Waals surface area contributed by atoms with Crippen molar-refractivity contribution in [3.63, 3.8) is 0 Å². The number of hydrogen-bond donors (Lipinski definition) is 2. The Morgan fingerprint density at radius 2 is 1.92 bits per heavy atom. The third-order valence-electron chi connectivity index (χ3n) is 7.52. The fraction of sp³-hybridized carbons (Fsp3) is 0.345.